The monoisotopic (exact) mass is 323 g/mol. The minimum absolute atomic E-state index is 0.266. The van der Waals surface area contributed by atoms with Crippen LogP contribution < -0.4 is 0 Å². The highest BCUT2D eigenvalue weighted by Gasteiger charge is 2.52. The summed E-state index contributed by atoms with van der Waals surface area (Å²) in [6, 6.07) is 2.00. The lowest BCUT2D eigenvalue weighted by Crippen LogP contribution is -2.56. The molecule has 5 unspecified atom stereocenters. The lowest BCUT2D eigenvalue weighted by atomic mass is 9.75. The molecule has 0 aromatic carbocycles. The molecule has 3 nitrogen and oxygen atoms in total. The first-order valence-electron chi connectivity index (χ1n) is 9.92. The molecule has 5 atom stereocenters. The molecule has 2 saturated heterocycles. The summed E-state index contributed by atoms with van der Waals surface area (Å²) in [4.78, 5) is 2.91. The van der Waals surface area contributed by atoms with Gasteiger partial charge in [-0.05, 0) is 37.0 Å². The van der Waals surface area contributed by atoms with E-state index in [0.29, 0.717) is 41.9 Å². The summed E-state index contributed by atoms with van der Waals surface area (Å²) >= 11 is 0. The third-order valence-corrected chi connectivity index (χ3v) is 6.18. The molecule has 134 valence electrons. The van der Waals surface area contributed by atoms with Crippen molar-refractivity contribution < 1.29 is 9.47 Å². The van der Waals surface area contributed by atoms with Crippen molar-refractivity contribution in [1.29, 1.82) is 0 Å². The van der Waals surface area contributed by atoms with Crippen LogP contribution in [0.3, 0.4) is 0 Å². The second-order valence-electron chi connectivity index (χ2n) is 9.05. The van der Waals surface area contributed by atoms with Crippen LogP contribution in [-0.2, 0) is 9.47 Å². The van der Waals surface area contributed by atoms with Gasteiger partial charge < -0.3 is 9.47 Å². The van der Waals surface area contributed by atoms with Gasteiger partial charge in [-0.1, -0.05) is 41.5 Å². The maximum absolute atomic E-state index is 6.77. The number of ether oxygens (including phenoxy) is 2. The Hall–Kier alpha value is -0.120. The molecule has 3 fully saturated rings. The Labute approximate surface area is 143 Å². The molecule has 3 heteroatoms. The van der Waals surface area contributed by atoms with Crippen molar-refractivity contribution in [2.75, 3.05) is 13.2 Å². The van der Waals surface area contributed by atoms with E-state index in [0.717, 1.165) is 25.7 Å². The van der Waals surface area contributed by atoms with Crippen molar-refractivity contribution in [3.05, 3.63) is 0 Å². The van der Waals surface area contributed by atoms with Crippen molar-refractivity contribution >= 4 is 0 Å². The van der Waals surface area contributed by atoms with Gasteiger partial charge in [0, 0.05) is 30.7 Å². The summed E-state index contributed by atoms with van der Waals surface area (Å²) in [6.07, 6.45) is 4.51. The predicted octanol–water partition coefficient (Wildman–Crippen LogP) is 3.96. The predicted molar refractivity (Wildman–Crippen MR) is 94.5 cm³/mol. The topological polar surface area (TPSA) is 21.7 Å². The van der Waals surface area contributed by atoms with Gasteiger partial charge >= 0.3 is 0 Å². The fraction of sp³-hybridized carbons (Fsp3) is 1.00. The van der Waals surface area contributed by atoms with Gasteiger partial charge in [0.2, 0.25) is 0 Å². The summed E-state index contributed by atoms with van der Waals surface area (Å²) in [5.74, 6) is 2.50. The van der Waals surface area contributed by atoms with E-state index in [2.05, 4.69) is 46.4 Å². The Balaban J connectivity index is 2.01. The molecular weight excluding hydrogens is 286 g/mol. The normalized spacial score (nSPS) is 39.8. The Kier molecular flexibility index (Phi) is 5.40. The van der Waals surface area contributed by atoms with E-state index in [1.54, 1.807) is 0 Å². The fourth-order valence-corrected chi connectivity index (χ4v) is 5.13. The second kappa shape index (κ2) is 7.01. The van der Waals surface area contributed by atoms with Gasteiger partial charge in [0.05, 0.1) is 18.8 Å². The van der Waals surface area contributed by atoms with Crippen LogP contribution in [0.25, 0.3) is 0 Å². The van der Waals surface area contributed by atoms with Gasteiger partial charge in [-0.3, -0.25) is 4.90 Å². The van der Waals surface area contributed by atoms with Crippen LogP contribution in [0, 0.1) is 23.7 Å². The van der Waals surface area contributed by atoms with E-state index in [-0.39, 0.29) is 6.10 Å². The van der Waals surface area contributed by atoms with Gasteiger partial charge in [-0.25, -0.2) is 0 Å². The van der Waals surface area contributed by atoms with Crippen LogP contribution in [0.1, 0.15) is 60.8 Å². The SMILES string of the molecule is CC(C)C1OC2COCCC2N(C2CC2)C(C(C)C)C1C(C)C. The van der Waals surface area contributed by atoms with Crippen molar-refractivity contribution in [2.24, 2.45) is 23.7 Å². The summed E-state index contributed by atoms with van der Waals surface area (Å²) < 4.78 is 12.6. The average Bonchev–Trinajstić information content (AvgIpc) is 3.30. The van der Waals surface area contributed by atoms with Gasteiger partial charge in [0.15, 0.2) is 0 Å². The third-order valence-electron chi connectivity index (χ3n) is 6.18. The highest BCUT2D eigenvalue weighted by atomic mass is 16.5. The number of hydrogen-bond acceptors (Lipinski definition) is 3. The zero-order chi connectivity index (χ0) is 16.7. The standard InChI is InChI=1S/C20H37NO2/c1-12(2)18-19(13(3)4)21(15-7-8-15)16-9-10-22-11-17(16)23-20(18)14(5)6/h12-20H,7-11H2,1-6H3. The largest absolute Gasteiger partial charge is 0.379 e. The summed E-state index contributed by atoms with van der Waals surface area (Å²) in [5.41, 5.74) is 0. The van der Waals surface area contributed by atoms with Crippen molar-refractivity contribution in [3.8, 4) is 0 Å². The van der Waals surface area contributed by atoms with E-state index >= 15 is 0 Å². The highest BCUT2D eigenvalue weighted by molar-refractivity contribution is 5.03. The van der Waals surface area contributed by atoms with Gasteiger partial charge in [-0.2, -0.15) is 0 Å². The molecule has 0 radical (unpaired) electrons. The average molecular weight is 324 g/mol. The van der Waals surface area contributed by atoms with Crippen LogP contribution in [0.15, 0.2) is 0 Å². The minimum Gasteiger partial charge on any atom is -0.379 e. The number of fused-ring (bicyclic) bond motifs is 1. The lowest BCUT2D eigenvalue weighted by molar-refractivity contribution is -0.125. The third kappa shape index (κ3) is 3.48. The first-order valence-corrected chi connectivity index (χ1v) is 9.92. The summed E-state index contributed by atoms with van der Waals surface area (Å²) in [6.45, 7) is 16.0. The Bertz CT molecular complexity index is 387. The zero-order valence-electron chi connectivity index (χ0n) is 16.0. The molecule has 0 amide bonds. The molecule has 1 saturated carbocycles. The van der Waals surface area contributed by atoms with E-state index < -0.39 is 0 Å². The maximum atomic E-state index is 6.77. The van der Waals surface area contributed by atoms with Gasteiger partial charge in [0.25, 0.3) is 0 Å². The smallest absolute Gasteiger partial charge is 0.0968 e. The van der Waals surface area contributed by atoms with Crippen LogP contribution in [0.4, 0.5) is 0 Å². The zero-order valence-corrected chi connectivity index (χ0v) is 16.0. The molecule has 2 aliphatic heterocycles. The molecule has 3 rings (SSSR count). The quantitative estimate of drug-likeness (QED) is 0.781. The summed E-state index contributed by atoms with van der Waals surface area (Å²) in [5, 5.41) is 0. The maximum Gasteiger partial charge on any atom is 0.0968 e. The van der Waals surface area contributed by atoms with E-state index in [9.17, 15) is 0 Å². The van der Waals surface area contributed by atoms with Gasteiger partial charge in [-0.15, -0.1) is 0 Å². The van der Waals surface area contributed by atoms with Crippen LogP contribution in [0.2, 0.25) is 0 Å². The van der Waals surface area contributed by atoms with E-state index in [1.165, 1.54) is 12.8 Å². The van der Waals surface area contributed by atoms with Crippen molar-refractivity contribution in [3.63, 3.8) is 0 Å². The van der Waals surface area contributed by atoms with E-state index in [4.69, 9.17) is 9.47 Å². The molecule has 3 aliphatic rings. The van der Waals surface area contributed by atoms with Crippen LogP contribution >= 0.6 is 0 Å². The molecule has 0 N–H and O–H groups in total. The Morgan fingerprint density at radius 3 is 2.09 bits per heavy atom. The molecule has 1 aliphatic carbocycles. The lowest BCUT2D eigenvalue weighted by Gasteiger charge is -2.45. The van der Waals surface area contributed by atoms with Crippen LogP contribution in [0.5, 0.6) is 0 Å². The Morgan fingerprint density at radius 1 is 0.870 bits per heavy atom. The number of hydrogen-bond donors (Lipinski definition) is 0. The fourth-order valence-electron chi connectivity index (χ4n) is 5.13. The van der Waals surface area contributed by atoms with Gasteiger partial charge in [0.1, 0.15) is 0 Å². The molecule has 0 spiro atoms. The van der Waals surface area contributed by atoms with E-state index in [1.807, 2.05) is 0 Å². The minimum atomic E-state index is 0.266. The second-order valence-corrected chi connectivity index (χ2v) is 9.05. The first-order chi connectivity index (χ1) is 10.9. The number of nitrogens with zero attached hydrogens (tertiary/aromatic N) is 1. The molecular formula is C20H37NO2. The molecule has 0 aromatic heterocycles. The number of rotatable bonds is 4. The Morgan fingerprint density at radius 2 is 1.57 bits per heavy atom. The molecule has 23 heavy (non-hydrogen) atoms. The highest BCUT2D eigenvalue weighted by Crippen LogP contribution is 2.45. The molecule has 2 heterocycles. The van der Waals surface area contributed by atoms with Crippen molar-refractivity contribution in [1.82, 2.24) is 4.90 Å². The van der Waals surface area contributed by atoms with Crippen molar-refractivity contribution in [2.45, 2.75) is 91.1 Å². The van der Waals surface area contributed by atoms with Crippen LogP contribution in [-0.4, -0.2) is 48.4 Å². The molecule has 0 bridgehead atoms. The summed E-state index contributed by atoms with van der Waals surface area (Å²) in [7, 11) is 0. The molecule has 0 aromatic rings. The first kappa shape index (κ1) is 17.7.